The van der Waals surface area contributed by atoms with Gasteiger partial charge in [0.15, 0.2) is 5.82 Å². The van der Waals surface area contributed by atoms with Gasteiger partial charge in [-0.3, -0.25) is 0 Å². The van der Waals surface area contributed by atoms with Crippen molar-refractivity contribution in [2.24, 2.45) is 5.84 Å². The Morgan fingerprint density at radius 1 is 1.15 bits per heavy atom. The fourth-order valence-electron chi connectivity index (χ4n) is 2.21. The van der Waals surface area contributed by atoms with Gasteiger partial charge in [0.25, 0.3) is 0 Å². The number of hydrogen-bond acceptors (Lipinski definition) is 4. The van der Waals surface area contributed by atoms with Crippen molar-refractivity contribution >= 4 is 29.0 Å². The first-order valence-electron chi connectivity index (χ1n) is 6.25. The molecule has 0 spiro atoms. The Kier molecular flexibility index (Phi) is 4.48. The van der Waals surface area contributed by atoms with E-state index in [1.807, 2.05) is 6.92 Å². The summed E-state index contributed by atoms with van der Waals surface area (Å²) in [4.78, 5) is 8.97. The Balaban J connectivity index is 2.68. The maximum Gasteiger partial charge on any atom is 0.164 e. The van der Waals surface area contributed by atoms with Crippen LogP contribution in [0.3, 0.4) is 0 Å². The van der Waals surface area contributed by atoms with Gasteiger partial charge in [0.2, 0.25) is 0 Å². The number of aryl methyl sites for hydroxylation is 1. The van der Waals surface area contributed by atoms with Crippen LogP contribution in [0.4, 0.5) is 5.82 Å². The van der Waals surface area contributed by atoms with Crippen LogP contribution in [0.15, 0.2) is 18.2 Å². The molecule has 2 aromatic rings. The predicted molar refractivity (Wildman–Crippen MR) is 84.1 cm³/mol. The van der Waals surface area contributed by atoms with Gasteiger partial charge in [0, 0.05) is 11.3 Å². The topological polar surface area (TPSA) is 63.8 Å². The molecule has 0 atom stereocenters. The Labute approximate surface area is 128 Å². The van der Waals surface area contributed by atoms with Crippen LogP contribution in [0, 0.1) is 6.92 Å². The number of nitrogens with one attached hydrogen (secondary N) is 1. The van der Waals surface area contributed by atoms with Crippen molar-refractivity contribution in [1.29, 1.82) is 0 Å². The second kappa shape index (κ2) is 5.95. The molecule has 1 heterocycles. The maximum absolute atomic E-state index is 6.20. The molecule has 4 nitrogen and oxygen atoms in total. The fourth-order valence-corrected chi connectivity index (χ4v) is 2.77. The Morgan fingerprint density at radius 2 is 1.75 bits per heavy atom. The SMILES string of the molecule is Cc1nc(-c2c(Cl)cccc2Cl)nc(NN)c1C(C)C. The smallest absolute Gasteiger partial charge is 0.164 e. The zero-order valence-corrected chi connectivity index (χ0v) is 13.0. The molecule has 0 radical (unpaired) electrons. The predicted octanol–water partition coefficient (Wildman–Crippen LogP) is 4.17. The lowest BCUT2D eigenvalue weighted by Gasteiger charge is -2.16. The van der Waals surface area contributed by atoms with E-state index < -0.39 is 0 Å². The van der Waals surface area contributed by atoms with Gasteiger partial charge in [0.1, 0.15) is 5.82 Å². The lowest BCUT2D eigenvalue weighted by Crippen LogP contribution is -2.14. The van der Waals surface area contributed by atoms with Crippen LogP contribution in [0.2, 0.25) is 10.0 Å². The van der Waals surface area contributed by atoms with Crippen LogP contribution >= 0.6 is 23.2 Å². The molecule has 0 saturated heterocycles. The molecule has 0 fully saturated rings. The number of rotatable bonds is 3. The first-order valence-corrected chi connectivity index (χ1v) is 7.00. The molecule has 0 aliphatic heterocycles. The molecule has 0 amide bonds. The highest BCUT2D eigenvalue weighted by molar-refractivity contribution is 6.38. The third-order valence-electron chi connectivity index (χ3n) is 3.04. The van der Waals surface area contributed by atoms with Crippen molar-refractivity contribution in [3.8, 4) is 11.4 Å². The van der Waals surface area contributed by atoms with Crippen molar-refractivity contribution in [2.75, 3.05) is 5.43 Å². The van der Waals surface area contributed by atoms with Crippen LogP contribution in [0.1, 0.15) is 31.0 Å². The van der Waals surface area contributed by atoms with Gasteiger partial charge in [-0.1, -0.05) is 43.1 Å². The number of hydrazine groups is 1. The molecule has 2 rings (SSSR count). The van der Waals surface area contributed by atoms with Crippen molar-refractivity contribution in [1.82, 2.24) is 9.97 Å². The van der Waals surface area contributed by atoms with Crippen molar-refractivity contribution in [3.05, 3.63) is 39.5 Å². The maximum atomic E-state index is 6.20. The van der Waals surface area contributed by atoms with Crippen LogP contribution in [-0.2, 0) is 0 Å². The molecule has 0 bridgehead atoms. The van der Waals surface area contributed by atoms with E-state index in [0.717, 1.165) is 11.3 Å². The van der Waals surface area contributed by atoms with Gasteiger partial charge in [0.05, 0.1) is 15.6 Å². The van der Waals surface area contributed by atoms with Gasteiger partial charge in [-0.2, -0.15) is 0 Å². The zero-order chi connectivity index (χ0) is 14.9. The summed E-state index contributed by atoms with van der Waals surface area (Å²) in [6, 6.07) is 5.30. The van der Waals surface area contributed by atoms with Crippen LogP contribution in [-0.4, -0.2) is 9.97 Å². The van der Waals surface area contributed by atoms with E-state index in [2.05, 4.69) is 29.2 Å². The summed E-state index contributed by atoms with van der Waals surface area (Å²) in [5, 5.41) is 1.02. The number of aromatic nitrogens is 2. The highest BCUT2D eigenvalue weighted by atomic mass is 35.5. The number of halogens is 2. The minimum atomic E-state index is 0.261. The van der Waals surface area contributed by atoms with Gasteiger partial charge < -0.3 is 5.43 Å². The van der Waals surface area contributed by atoms with E-state index in [9.17, 15) is 0 Å². The van der Waals surface area contributed by atoms with Crippen molar-refractivity contribution in [2.45, 2.75) is 26.7 Å². The number of nitrogens with zero attached hydrogens (tertiary/aromatic N) is 2. The lowest BCUT2D eigenvalue weighted by atomic mass is 10.0. The zero-order valence-electron chi connectivity index (χ0n) is 11.5. The van der Waals surface area contributed by atoms with Crippen LogP contribution in [0.25, 0.3) is 11.4 Å². The molecule has 0 saturated carbocycles. The van der Waals surface area contributed by atoms with E-state index in [4.69, 9.17) is 29.0 Å². The molecule has 0 unspecified atom stereocenters. The average molecular weight is 311 g/mol. The summed E-state index contributed by atoms with van der Waals surface area (Å²) >= 11 is 12.4. The van der Waals surface area contributed by atoms with E-state index >= 15 is 0 Å². The molecule has 1 aromatic heterocycles. The summed E-state index contributed by atoms with van der Waals surface area (Å²) in [5.74, 6) is 6.90. The first kappa shape index (κ1) is 15.0. The Hall–Kier alpha value is -1.36. The van der Waals surface area contributed by atoms with E-state index in [1.165, 1.54) is 0 Å². The molecule has 6 heteroatoms. The minimum Gasteiger partial charge on any atom is -0.308 e. The van der Waals surface area contributed by atoms with Gasteiger partial charge in [-0.15, -0.1) is 0 Å². The first-order chi connectivity index (χ1) is 9.45. The highest BCUT2D eigenvalue weighted by Crippen LogP contribution is 2.35. The quantitative estimate of drug-likeness (QED) is 0.659. The number of benzene rings is 1. The largest absolute Gasteiger partial charge is 0.308 e. The van der Waals surface area contributed by atoms with Crippen molar-refractivity contribution < 1.29 is 0 Å². The Morgan fingerprint density at radius 3 is 2.25 bits per heavy atom. The number of anilines is 1. The van der Waals surface area contributed by atoms with E-state index in [-0.39, 0.29) is 5.92 Å². The molecular weight excluding hydrogens is 295 g/mol. The normalized spacial score (nSPS) is 10.9. The second-order valence-corrected chi connectivity index (χ2v) is 5.61. The molecule has 0 aliphatic carbocycles. The summed E-state index contributed by atoms with van der Waals surface area (Å²) < 4.78 is 0. The third kappa shape index (κ3) is 2.73. The standard InChI is InChI=1S/C14H16Cl2N4/c1-7(2)11-8(3)18-13(19-14(11)20-17)12-9(15)5-4-6-10(12)16/h4-7H,17H2,1-3H3,(H,18,19,20). The molecule has 106 valence electrons. The number of nitrogens with two attached hydrogens (primary N) is 1. The summed E-state index contributed by atoms with van der Waals surface area (Å²) in [7, 11) is 0. The van der Waals surface area contributed by atoms with Crippen LogP contribution < -0.4 is 11.3 Å². The highest BCUT2D eigenvalue weighted by Gasteiger charge is 2.18. The van der Waals surface area contributed by atoms with Crippen molar-refractivity contribution in [3.63, 3.8) is 0 Å². The average Bonchev–Trinajstić information content (AvgIpc) is 2.37. The molecule has 0 aliphatic rings. The van der Waals surface area contributed by atoms with Gasteiger partial charge in [-0.25, -0.2) is 15.8 Å². The molecular formula is C14H16Cl2N4. The minimum absolute atomic E-state index is 0.261. The van der Waals surface area contributed by atoms with E-state index in [1.54, 1.807) is 18.2 Å². The molecule has 3 N–H and O–H groups in total. The molecule has 20 heavy (non-hydrogen) atoms. The number of nitrogen functional groups attached to an aromatic ring is 1. The Bertz CT molecular complexity index is 621. The lowest BCUT2D eigenvalue weighted by molar-refractivity contribution is 0.832. The summed E-state index contributed by atoms with van der Waals surface area (Å²) in [6.07, 6.45) is 0. The van der Waals surface area contributed by atoms with Gasteiger partial charge >= 0.3 is 0 Å². The summed E-state index contributed by atoms with van der Waals surface area (Å²) in [6.45, 7) is 6.05. The fraction of sp³-hybridized carbons (Fsp3) is 0.286. The second-order valence-electron chi connectivity index (χ2n) is 4.79. The summed E-state index contributed by atoms with van der Waals surface area (Å²) in [5.41, 5.74) is 5.09. The molecule has 1 aromatic carbocycles. The number of hydrogen-bond donors (Lipinski definition) is 2. The third-order valence-corrected chi connectivity index (χ3v) is 3.67. The van der Waals surface area contributed by atoms with Gasteiger partial charge in [-0.05, 0) is 25.0 Å². The van der Waals surface area contributed by atoms with E-state index in [0.29, 0.717) is 27.3 Å². The monoisotopic (exact) mass is 310 g/mol. The van der Waals surface area contributed by atoms with Crippen LogP contribution in [0.5, 0.6) is 0 Å².